The standard InChI is InChI=1S/C17H28.C2H4/c1-12-5-4-6-16-14(12)8-7-13-11-17(2,3)10-9-15(13)16;1-2/h9,12-14,16H,4-8,10-11H2,1-3H3;1-2H2. The smallest absolute Gasteiger partial charge is 0.0170 e. The van der Waals surface area contributed by atoms with E-state index in [9.17, 15) is 0 Å². The van der Waals surface area contributed by atoms with Crippen molar-refractivity contribution in [3.8, 4) is 0 Å². The molecular weight excluding hydrogens is 228 g/mol. The van der Waals surface area contributed by atoms with Crippen LogP contribution in [0.5, 0.6) is 0 Å². The first-order valence-electron chi connectivity index (χ1n) is 8.27. The van der Waals surface area contributed by atoms with Gasteiger partial charge >= 0.3 is 0 Å². The third-order valence-corrected chi connectivity index (χ3v) is 5.86. The van der Waals surface area contributed by atoms with Gasteiger partial charge in [0, 0.05) is 0 Å². The number of fused-ring (bicyclic) bond motifs is 3. The lowest BCUT2D eigenvalue weighted by Gasteiger charge is -2.48. The van der Waals surface area contributed by atoms with Crippen LogP contribution in [-0.4, -0.2) is 0 Å². The first-order valence-corrected chi connectivity index (χ1v) is 8.27. The summed E-state index contributed by atoms with van der Waals surface area (Å²) in [5.74, 6) is 3.96. The Hall–Kier alpha value is -0.520. The molecule has 4 atom stereocenters. The van der Waals surface area contributed by atoms with E-state index < -0.39 is 0 Å². The van der Waals surface area contributed by atoms with E-state index in [2.05, 4.69) is 40.0 Å². The molecule has 0 bridgehead atoms. The number of allylic oxidation sites excluding steroid dienone is 2. The summed E-state index contributed by atoms with van der Waals surface area (Å²) >= 11 is 0. The predicted octanol–water partition coefficient (Wildman–Crippen LogP) is 6.00. The van der Waals surface area contributed by atoms with Crippen molar-refractivity contribution in [2.24, 2.45) is 29.1 Å². The van der Waals surface area contributed by atoms with E-state index in [1.165, 1.54) is 44.9 Å². The molecule has 2 saturated carbocycles. The summed E-state index contributed by atoms with van der Waals surface area (Å²) in [4.78, 5) is 0. The molecule has 0 nitrogen and oxygen atoms in total. The summed E-state index contributed by atoms with van der Waals surface area (Å²) in [6.07, 6.45) is 12.9. The molecule has 0 heteroatoms. The fourth-order valence-electron chi connectivity index (χ4n) is 4.93. The van der Waals surface area contributed by atoms with E-state index in [0.29, 0.717) is 5.41 Å². The normalized spacial score (nSPS) is 40.1. The molecule has 3 aliphatic rings. The van der Waals surface area contributed by atoms with Gasteiger partial charge in [-0.25, -0.2) is 0 Å². The van der Waals surface area contributed by atoms with Crippen LogP contribution in [0.3, 0.4) is 0 Å². The Labute approximate surface area is 120 Å². The molecule has 0 aromatic rings. The minimum atomic E-state index is 0.571. The monoisotopic (exact) mass is 260 g/mol. The number of rotatable bonds is 0. The lowest BCUT2D eigenvalue weighted by atomic mass is 9.57. The molecule has 0 amide bonds. The Morgan fingerprint density at radius 3 is 2.58 bits per heavy atom. The maximum absolute atomic E-state index is 3.00. The van der Waals surface area contributed by atoms with Crippen LogP contribution < -0.4 is 0 Å². The lowest BCUT2D eigenvalue weighted by molar-refractivity contribution is 0.109. The van der Waals surface area contributed by atoms with E-state index in [1.54, 1.807) is 0 Å². The second-order valence-electron chi connectivity index (χ2n) is 7.73. The molecule has 3 aliphatic carbocycles. The van der Waals surface area contributed by atoms with Crippen LogP contribution in [0.4, 0.5) is 0 Å². The number of hydrogen-bond acceptors (Lipinski definition) is 0. The highest BCUT2D eigenvalue weighted by Gasteiger charge is 2.42. The van der Waals surface area contributed by atoms with Gasteiger partial charge < -0.3 is 0 Å². The first-order chi connectivity index (χ1) is 9.07. The minimum Gasteiger partial charge on any atom is -0.106 e. The minimum absolute atomic E-state index is 0.571. The van der Waals surface area contributed by atoms with Crippen LogP contribution in [0.2, 0.25) is 0 Å². The maximum Gasteiger partial charge on any atom is -0.0170 e. The average Bonchev–Trinajstić information content (AvgIpc) is 2.39. The summed E-state index contributed by atoms with van der Waals surface area (Å²) in [7, 11) is 0. The van der Waals surface area contributed by atoms with E-state index in [1.807, 2.05) is 5.57 Å². The van der Waals surface area contributed by atoms with Gasteiger partial charge in [-0.2, -0.15) is 0 Å². The molecule has 0 aromatic heterocycles. The van der Waals surface area contributed by atoms with Crippen LogP contribution in [0.1, 0.15) is 65.7 Å². The van der Waals surface area contributed by atoms with Gasteiger partial charge in [0.05, 0.1) is 0 Å². The molecule has 0 spiro atoms. The molecule has 19 heavy (non-hydrogen) atoms. The fourth-order valence-corrected chi connectivity index (χ4v) is 4.93. The van der Waals surface area contributed by atoms with Gasteiger partial charge in [-0.1, -0.05) is 45.3 Å². The molecule has 2 fully saturated rings. The highest BCUT2D eigenvalue weighted by molar-refractivity contribution is 5.20. The van der Waals surface area contributed by atoms with Crippen LogP contribution in [0.25, 0.3) is 0 Å². The third-order valence-electron chi connectivity index (χ3n) is 5.86. The van der Waals surface area contributed by atoms with Gasteiger partial charge in [-0.05, 0) is 61.2 Å². The van der Waals surface area contributed by atoms with Crippen molar-refractivity contribution in [2.75, 3.05) is 0 Å². The summed E-state index contributed by atoms with van der Waals surface area (Å²) < 4.78 is 0. The molecule has 0 aromatic carbocycles. The summed E-state index contributed by atoms with van der Waals surface area (Å²) in [5.41, 5.74) is 2.47. The number of hydrogen-bond donors (Lipinski definition) is 0. The van der Waals surface area contributed by atoms with Crippen LogP contribution >= 0.6 is 0 Å². The van der Waals surface area contributed by atoms with Gasteiger partial charge in [0.15, 0.2) is 0 Å². The van der Waals surface area contributed by atoms with Gasteiger partial charge in [0.1, 0.15) is 0 Å². The Morgan fingerprint density at radius 2 is 1.84 bits per heavy atom. The Kier molecular flexibility index (Phi) is 4.58. The molecule has 3 rings (SSSR count). The molecular formula is C19H32. The van der Waals surface area contributed by atoms with Crippen molar-refractivity contribution in [3.63, 3.8) is 0 Å². The van der Waals surface area contributed by atoms with Gasteiger partial charge in [-0.15, -0.1) is 13.2 Å². The molecule has 0 aliphatic heterocycles. The zero-order valence-electron chi connectivity index (χ0n) is 13.3. The molecule has 0 N–H and O–H groups in total. The topological polar surface area (TPSA) is 0 Å². The summed E-state index contributed by atoms with van der Waals surface area (Å²) in [6.45, 7) is 13.4. The van der Waals surface area contributed by atoms with Crippen molar-refractivity contribution in [3.05, 3.63) is 24.8 Å². The Balaban J connectivity index is 0.000000637. The van der Waals surface area contributed by atoms with Crippen LogP contribution in [0, 0.1) is 29.1 Å². The van der Waals surface area contributed by atoms with E-state index >= 15 is 0 Å². The first kappa shape index (κ1) is 14.9. The molecule has 0 radical (unpaired) electrons. The second-order valence-corrected chi connectivity index (χ2v) is 7.73. The predicted molar refractivity (Wildman–Crippen MR) is 85.1 cm³/mol. The molecule has 0 heterocycles. The Morgan fingerprint density at radius 1 is 1.11 bits per heavy atom. The maximum atomic E-state index is 3.00. The van der Waals surface area contributed by atoms with Gasteiger partial charge in [-0.3, -0.25) is 0 Å². The molecule has 108 valence electrons. The van der Waals surface area contributed by atoms with Crippen molar-refractivity contribution in [1.82, 2.24) is 0 Å². The van der Waals surface area contributed by atoms with Crippen molar-refractivity contribution in [1.29, 1.82) is 0 Å². The SMILES string of the molecule is C=C.CC1CCCC2C3=CCC(C)(C)CC3CCC12. The summed E-state index contributed by atoms with van der Waals surface area (Å²) in [6, 6.07) is 0. The third kappa shape index (κ3) is 2.98. The van der Waals surface area contributed by atoms with Gasteiger partial charge in [0.25, 0.3) is 0 Å². The van der Waals surface area contributed by atoms with E-state index in [-0.39, 0.29) is 0 Å². The average molecular weight is 260 g/mol. The lowest BCUT2D eigenvalue weighted by Crippen LogP contribution is -2.37. The summed E-state index contributed by atoms with van der Waals surface area (Å²) in [5, 5.41) is 0. The highest BCUT2D eigenvalue weighted by Crippen LogP contribution is 2.53. The van der Waals surface area contributed by atoms with Crippen LogP contribution in [0.15, 0.2) is 24.8 Å². The Bertz CT molecular complexity index is 336. The van der Waals surface area contributed by atoms with E-state index in [0.717, 1.165) is 23.7 Å². The van der Waals surface area contributed by atoms with Crippen molar-refractivity contribution >= 4 is 0 Å². The zero-order chi connectivity index (χ0) is 14.0. The fraction of sp³-hybridized carbons (Fsp3) is 0.789. The molecule has 0 saturated heterocycles. The molecule has 4 unspecified atom stereocenters. The van der Waals surface area contributed by atoms with E-state index in [4.69, 9.17) is 0 Å². The second kappa shape index (κ2) is 5.85. The quantitative estimate of drug-likeness (QED) is 0.469. The van der Waals surface area contributed by atoms with Crippen LogP contribution in [-0.2, 0) is 0 Å². The van der Waals surface area contributed by atoms with Crippen molar-refractivity contribution < 1.29 is 0 Å². The largest absolute Gasteiger partial charge is 0.106 e. The van der Waals surface area contributed by atoms with Gasteiger partial charge in [0.2, 0.25) is 0 Å². The highest BCUT2D eigenvalue weighted by atomic mass is 14.5. The van der Waals surface area contributed by atoms with Crippen molar-refractivity contribution in [2.45, 2.75) is 65.7 Å². The zero-order valence-corrected chi connectivity index (χ0v) is 13.3.